The van der Waals surface area contributed by atoms with E-state index in [4.69, 9.17) is 15.2 Å². The minimum atomic E-state index is -2.97. The summed E-state index contributed by atoms with van der Waals surface area (Å²) in [6.45, 7) is 2.44. The lowest BCUT2D eigenvalue weighted by Crippen LogP contribution is -2.27. The molecule has 4 rings (SSSR count). The second-order valence-corrected chi connectivity index (χ2v) is 11.4. The van der Waals surface area contributed by atoms with Crippen LogP contribution in [0.25, 0.3) is 21.2 Å². The number of nitrogens with zero attached hydrogens (tertiary/aromatic N) is 2. The van der Waals surface area contributed by atoms with Gasteiger partial charge in [0.25, 0.3) is 5.56 Å². The summed E-state index contributed by atoms with van der Waals surface area (Å²) >= 11 is 1.41. The van der Waals surface area contributed by atoms with Gasteiger partial charge in [0.2, 0.25) is 0 Å². The molecule has 0 unspecified atom stereocenters. The lowest BCUT2D eigenvalue weighted by Gasteiger charge is -2.18. The molecule has 0 atom stereocenters. The van der Waals surface area contributed by atoms with Gasteiger partial charge in [0.15, 0.2) is 11.5 Å². The van der Waals surface area contributed by atoms with Crippen LogP contribution in [0.1, 0.15) is 24.6 Å². The Kier molecular flexibility index (Phi) is 6.49. The fraction of sp³-hybridized carbons (Fsp3) is 0.391. The SMILES string of the molecule is CCOc1ccc(-c2cn(C)c(=O)c3cc(C(N)=NC4CCS(=O)(=O)CC4)sc23)cc1OC. The molecule has 2 N–H and O–H groups in total. The van der Waals surface area contributed by atoms with Crippen LogP contribution in [0, 0.1) is 0 Å². The Labute approximate surface area is 196 Å². The Bertz CT molecular complexity index is 1380. The molecule has 8 nitrogen and oxygen atoms in total. The van der Waals surface area contributed by atoms with Gasteiger partial charge in [-0.1, -0.05) is 6.07 Å². The molecule has 33 heavy (non-hydrogen) atoms. The molecule has 1 aromatic carbocycles. The highest BCUT2D eigenvalue weighted by Crippen LogP contribution is 2.37. The van der Waals surface area contributed by atoms with Crippen LogP contribution in [0.2, 0.25) is 0 Å². The van der Waals surface area contributed by atoms with Gasteiger partial charge in [-0.3, -0.25) is 9.79 Å². The summed E-state index contributed by atoms with van der Waals surface area (Å²) in [5, 5.41) is 0.562. The van der Waals surface area contributed by atoms with Gasteiger partial charge in [-0.25, -0.2) is 8.42 Å². The van der Waals surface area contributed by atoms with Crippen LogP contribution in [0.5, 0.6) is 11.5 Å². The van der Waals surface area contributed by atoms with E-state index in [1.54, 1.807) is 31.0 Å². The van der Waals surface area contributed by atoms with E-state index in [0.29, 0.717) is 47.0 Å². The number of rotatable bonds is 6. The Morgan fingerprint density at radius 3 is 2.64 bits per heavy atom. The summed E-state index contributed by atoms with van der Waals surface area (Å²) in [4.78, 5) is 18.1. The van der Waals surface area contributed by atoms with E-state index in [1.807, 2.05) is 25.1 Å². The average molecular weight is 490 g/mol. The Morgan fingerprint density at radius 1 is 1.24 bits per heavy atom. The zero-order valence-corrected chi connectivity index (χ0v) is 20.5. The van der Waals surface area contributed by atoms with Crippen LogP contribution in [-0.4, -0.2) is 50.1 Å². The molecule has 0 radical (unpaired) electrons. The van der Waals surface area contributed by atoms with Gasteiger partial charge in [0.05, 0.1) is 41.5 Å². The predicted octanol–water partition coefficient (Wildman–Crippen LogP) is 2.96. The van der Waals surface area contributed by atoms with Crippen molar-refractivity contribution < 1.29 is 17.9 Å². The number of aliphatic imine (C=N–C) groups is 1. The number of ether oxygens (including phenoxy) is 2. The second-order valence-electron chi connectivity index (χ2n) is 8.01. The summed E-state index contributed by atoms with van der Waals surface area (Å²) in [5.41, 5.74) is 7.94. The molecule has 2 aromatic heterocycles. The number of methoxy groups -OCH3 is 1. The maximum Gasteiger partial charge on any atom is 0.259 e. The maximum absolute atomic E-state index is 12.8. The molecule has 0 amide bonds. The quantitative estimate of drug-likeness (QED) is 0.421. The van der Waals surface area contributed by atoms with Crippen LogP contribution >= 0.6 is 11.3 Å². The molecule has 10 heteroatoms. The molecule has 1 fully saturated rings. The summed E-state index contributed by atoms with van der Waals surface area (Å²) in [5.74, 6) is 1.86. The molecule has 0 aliphatic carbocycles. The van der Waals surface area contributed by atoms with Crippen molar-refractivity contribution >= 4 is 37.1 Å². The first-order valence-corrected chi connectivity index (χ1v) is 13.3. The summed E-state index contributed by atoms with van der Waals surface area (Å²) in [6, 6.07) is 7.33. The average Bonchev–Trinajstić information content (AvgIpc) is 3.24. The zero-order chi connectivity index (χ0) is 23.8. The van der Waals surface area contributed by atoms with Crippen molar-refractivity contribution in [3.63, 3.8) is 0 Å². The Balaban J connectivity index is 1.77. The minimum absolute atomic E-state index is 0.120. The van der Waals surface area contributed by atoms with Crippen molar-refractivity contribution in [2.24, 2.45) is 17.8 Å². The van der Waals surface area contributed by atoms with E-state index in [1.165, 1.54) is 11.3 Å². The highest BCUT2D eigenvalue weighted by atomic mass is 32.2. The molecular weight excluding hydrogens is 462 g/mol. The van der Waals surface area contributed by atoms with E-state index in [0.717, 1.165) is 15.8 Å². The third kappa shape index (κ3) is 4.77. The Hall–Kier alpha value is -2.85. The van der Waals surface area contributed by atoms with Crippen LogP contribution < -0.4 is 20.8 Å². The van der Waals surface area contributed by atoms with Gasteiger partial charge in [0.1, 0.15) is 15.7 Å². The van der Waals surface area contributed by atoms with Crippen molar-refractivity contribution in [3.05, 3.63) is 45.7 Å². The monoisotopic (exact) mass is 489 g/mol. The molecule has 3 heterocycles. The Morgan fingerprint density at radius 2 is 1.97 bits per heavy atom. The van der Waals surface area contributed by atoms with E-state index >= 15 is 0 Å². The standard InChI is InChI=1S/C23H27N3O5S2/c1-4-31-18-6-5-14(11-19(18)30-3)17-13-26(2)23(27)16-12-20(32-21(16)17)22(24)25-15-7-9-33(28,29)10-8-15/h5-6,11-13,15H,4,7-10H2,1-3H3,(H2,24,25). The highest BCUT2D eigenvalue weighted by Gasteiger charge is 2.24. The van der Waals surface area contributed by atoms with Gasteiger partial charge in [-0.2, -0.15) is 0 Å². The first-order chi connectivity index (χ1) is 15.7. The minimum Gasteiger partial charge on any atom is -0.493 e. The first kappa shape index (κ1) is 23.3. The summed E-state index contributed by atoms with van der Waals surface area (Å²) in [7, 11) is 0.342. The molecule has 0 bridgehead atoms. The molecule has 3 aromatic rings. The van der Waals surface area contributed by atoms with E-state index in [9.17, 15) is 13.2 Å². The fourth-order valence-electron chi connectivity index (χ4n) is 3.96. The fourth-order valence-corrected chi connectivity index (χ4v) is 6.52. The van der Waals surface area contributed by atoms with Gasteiger partial charge >= 0.3 is 0 Å². The molecule has 1 saturated heterocycles. The van der Waals surface area contributed by atoms with E-state index in [2.05, 4.69) is 4.99 Å². The summed E-state index contributed by atoms with van der Waals surface area (Å²) in [6.07, 6.45) is 2.74. The summed E-state index contributed by atoms with van der Waals surface area (Å²) < 4.78 is 36.8. The number of thiophene rings is 1. The second kappa shape index (κ2) is 9.18. The van der Waals surface area contributed by atoms with Crippen LogP contribution in [-0.2, 0) is 16.9 Å². The molecule has 0 spiro atoms. The van der Waals surface area contributed by atoms with Crippen LogP contribution in [0.15, 0.2) is 40.2 Å². The molecule has 0 saturated carbocycles. The number of nitrogens with two attached hydrogens (primary N) is 1. The highest BCUT2D eigenvalue weighted by molar-refractivity contribution is 7.91. The van der Waals surface area contributed by atoms with Gasteiger partial charge in [0, 0.05) is 23.5 Å². The number of hydrogen-bond acceptors (Lipinski definition) is 7. The zero-order valence-electron chi connectivity index (χ0n) is 18.8. The number of pyridine rings is 1. The molecule has 176 valence electrons. The third-order valence-corrected chi connectivity index (χ3v) is 8.63. The maximum atomic E-state index is 12.8. The van der Waals surface area contributed by atoms with Gasteiger partial charge < -0.3 is 19.8 Å². The van der Waals surface area contributed by atoms with Crippen LogP contribution in [0.4, 0.5) is 0 Å². The van der Waals surface area contributed by atoms with Crippen molar-refractivity contribution in [2.45, 2.75) is 25.8 Å². The molecule has 1 aliphatic rings. The number of sulfone groups is 1. The molecular formula is C23H27N3O5S2. The number of aromatic nitrogens is 1. The smallest absolute Gasteiger partial charge is 0.259 e. The predicted molar refractivity (Wildman–Crippen MR) is 133 cm³/mol. The number of hydrogen-bond donors (Lipinski definition) is 1. The van der Waals surface area contributed by atoms with Crippen molar-refractivity contribution in [2.75, 3.05) is 25.2 Å². The lowest BCUT2D eigenvalue weighted by molar-refractivity contribution is 0.311. The number of fused-ring (bicyclic) bond motifs is 1. The first-order valence-electron chi connectivity index (χ1n) is 10.7. The number of benzene rings is 1. The van der Waals surface area contributed by atoms with Crippen molar-refractivity contribution in [1.29, 1.82) is 0 Å². The number of amidine groups is 1. The van der Waals surface area contributed by atoms with Crippen molar-refractivity contribution in [3.8, 4) is 22.6 Å². The molecule has 1 aliphatic heterocycles. The topological polar surface area (TPSA) is 113 Å². The van der Waals surface area contributed by atoms with Crippen LogP contribution in [0.3, 0.4) is 0 Å². The lowest BCUT2D eigenvalue weighted by atomic mass is 10.1. The normalized spacial score (nSPS) is 16.8. The van der Waals surface area contributed by atoms with E-state index in [-0.39, 0.29) is 23.1 Å². The van der Waals surface area contributed by atoms with Gasteiger partial charge in [-0.15, -0.1) is 11.3 Å². The van der Waals surface area contributed by atoms with Crippen molar-refractivity contribution in [1.82, 2.24) is 4.57 Å². The third-order valence-electron chi connectivity index (χ3n) is 5.72. The van der Waals surface area contributed by atoms with Gasteiger partial charge in [-0.05, 0) is 43.5 Å². The van der Waals surface area contributed by atoms with E-state index < -0.39 is 9.84 Å². The number of aryl methyl sites for hydroxylation is 1. The largest absolute Gasteiger partial charge is 0.493 e.